The maximum absolute atomic E-state index is 13.3. The first-order valence-corrected chi connectivity index (χ1v) is 14.4. The molecule has 0 unspecified atom stereocenters. The number of carboxylic acid groups (broad SMARTS) is 1. The number of carboxylic acids is 1. The summed E-state index contributed by atoms with van der Waals surface area (Å²) in [5.41, 5.74) is 7.81. The molecule has 4 aromatic rings. The summed E-state index contributed by atoms with van der Waals surface area (Å²) in [4.78, 5) is 25.1. The number of carbonyl (C=O) groups is 2. The Balaban J connectivity index is 0.00000294. The van der Waals surface area contributed by atoms with Gasteiger partial charge in [-0.15, -0.1) is 0 Å². The van der Waals surface area contributed by atoms with Crippen LogP contribution in [0, 0.1) is 6.92 Å². The van der Waals surface area contributed by atoms with Crippen LogP contribution < -0.4 is 24.2 Å². The number of aliphatic carboxylic acids is 1. The summed E-state index contributed by atoms with van der Waals surface area (Å²) >= 11 is 1.56. The van der Waals surface area contributed by atoms with E-state index in [4.69, 9.17) is 0 Å². The van der Waals surface area contributed by atoms with E-state index >= 15 is 0 Å². The van der Waals surface area contributed by atoms with Gasteiger partial charge in [-0.05, 0) is 82.9 Å². The molecule has 0 fully saturated rings. The molecule has 0 aromatic heterocycles. The largest absolute Gasteiger partial charge is 1.00 e. The Bertz CT molecular complexity index is 1480. The van der Waals surface area contributed by atoms with E-state index in [1.807, 2.05) is 61.7 Å². The Morgan fingerprint density at radius 2 is 1.60 bits per heavy atom. The van der Waals surface area contributed by atoms with E-state index in [1.54, 1.807) is 17.8 Å². The molecule has 0 spiro atoms. The van der Waals surface area contributed by atoms with Gasteiger partial charge in [-0.1, -0.05) is 97.1 Å². The van der Waals surface area contributed by atoms with Crippen LogP contribution in [0.5, 0.6) is 0 Å². The van der Waals surface area contributed by atoms with Gasteiger partial charge >= 0.3 is 24.8 Å². The van der Waals surface area contributed by atoms with E-state index in [0.717, 1.165) is 34.2 Å². The van der Waals surface area contributed by atoms with Crippen molar-refractivity contribution in [2.45, 2.75) is 25.8 Å². The zero-order valence-electron chi connectivity index (χ0n) is 24.3. The van der Waals surface area contributed by atoms with E-state index in [9.17, 15) is 14.7 Å². The van der Waals surface area contributed by atoms with Crippen molar-refractivity contribution in [3.63, 3.8) is 0 Å². The molecule has 0 aliphatic carbocycles. The molecule has 0 saturated heterocycles. The second kappa shape index (κ2) is 15.3. The molecule has 4 aromatic carbocycles. The van der Waals surface area contributed by atoms with Crippen molar-refractivity contribution in [1.82, 2.24) is 5.32 Å². The van der Waals surface area contributed by atoms with Crippen molar-refractivity contribution < 1.29 is 35.0 Å². The Morgan fingerprint density at radius 3 is 2.33 bits per heavy atom. The van der Waals surface area contributed by atoms with Crippen LogP contribution in [0.2, 0.25) is 0 Å². The molecule has 0 saturated carbocycles. The Labute approximate surface area is 254 Å². The average Bonchev–Trinajstić information content (AvgIpc) is 2.95. The fraction of sp³-hybridized carbons (Fsp3) is 0.176. The molecule has 1 atom stereocenters. The minimum atomic E-state index is -1.02. The summed E-state index contributed by atoms with van der Waals surface area (Å²) in [7, 11) is 0. The second-order valence-electron chi connectivity index (χ2n) is 9.46. The maximum atomic E-state index is 13.3. The number of aryl methyl sites for hydroxylation is 1. The van der Waals surface area contributed by atoms with Gasteiger partial charge in [0, 0.05) is 5.56 Å². The average molecular weight is 544 g/mol. The first-order valence-electron chi connectivity index (χ1n) is 13.0. The monoisotopic (exact) mass is 543 g/mol. The molecule has 2 N–H and O–H groups in total. The maximum Gasteiger partial charge on any atom is 1.00 e. The minimum absolute atomic E-state index is 0. The van der Waals surface area contributed by atoms with Gasteiger partial charge in [0.15, 0.2) is 0 Å². The molecule has 0 aliphatic heterocycles. The van der Waals surface area contributed by atoms with Crippen molar-refractivity contribution in [2.75, 3.05) is 12.0 Å². The predicted molar refractivity (Wildman–Crippen MR) is 164 cm³/mol. The summed E-state index contributed by atoms with van der Waals surface area (Å²) in [5.74, 6) is -0.758. The van der Waals surface area contributed by atoms with Crippen LogP contribution >= 0.6 is 11.8 Å². The van der Waals surface area contributed by atoms with E-state index in [0.29, 0.717) is 17.7 Å². The van der Waals surface area contributed by atoms with Gasteiger partial charge in [0.1, 0.15) is 6.04 Å². The quantitative estimate of drug-likeness (QED) is 0.216. The number of rotatable bonds is 11. The van der Waals surface area contributed by atoms with Gasteiger partial charge in [0.05, 0.1) is 0 Å². The standard InChI is InChI=1S/C34H33NO3S.Li.H/c1-24-10-6-9-15-29(24)31-23-26(17-19-30(31)33(36)35-32(34(37)38)20-21-39-2)16-18-27-13-7-8-14-28(27)22-25-11-4-3-5-12-25;;/h3-19,23,32H,20-22H2,1-2H3,(H,35,36)(H,37,38);;/q;+1;-1/t32-;;/m0../s1. The Hall–Kier alpha value is -3.49. The van der Waals surface area contributed by atoms with E-state index in [-0.39, 0.29) is 26.2 Å². The zero-order chi connectivity index (χ0) is 27.6. The van der Waals surface area contributed by atoms with Crippen molar-refractivity contribution >= 4 is 35.8 Å². The summed E-state index contributed by atoms with van der Waals surface area (Å²) in [6.07, 6.45) is 7.30. The number of carbonyl (C=O) groups excluding carboxylic acids is 1. The number of benzene rings is 4. The van der Waals surface area contributed by atoms with Crippen LogP contribution in [0.1, 0.15) is 46.0 Å². The van der Waals surface area contributed by atoms with Gasteiger partial charge < -0.3 is 11.8 Å². The molecule has 0 heterocycles. The summed E-state index contributed by atoms with van der Waals surface area (Å²) in [5, 5.41) is 12.4. The van der Waals surface area contributed by atoms with Crippen LogP contribution in [-0.4, -0.2) is 35.0 Å². The smallest absolute Gasteiger partial charge is 1.00 e. The van der Waals surface area contributed by atoms with Crippen LogP contribution in [0.15, 0.2) is 97.1 Å². The fourth-order valence-electron chi connectivity index (χ4n) is 4.55. The van der Waals surface area contributed by atoms with Crippen LogP contribution in [0.4, 0.5) is 0 Å². The topological polar surface area (TPSA) is 66.4 Å². The molecule has 200 valence electrons. The molecular weight excluding hydrogens is 509 g/mol. The first-order chi connectivity index (χ1) is 19.0. The van der Waals surface area contributed by atoms with Gasteiger partial charge in [-0.25, -0.2) is 4.79 Å². The molecule has 0 aliphatic rings. The number of hydrogen-bond donors (Lipinski definition) is 2. The number of hydrogen-bond acceptors (Lipinski definition) is 3. The summed E-state index contributed by atoms with van der Waals surface area (Å²) < 4.78 is 0. The molecular formula is C34H34LiNO3S. The predicted octanol–water partition coefficient (Wildman–Crippen LogP) is 4.48. The van der Waals surface area contributed by atoms with Crippen molar-refractivity contribution in [3.05, 3.63) is 130 Å². The third-order valence-electron chi connectivity index (χ3n) is 6.69. The van der Waals surface area contributed by atoms with E-state index < -0.39 is 12.0 Å². The molecule has 0 bridgehead atoms. The molecule has 1 amide bonds. The van der Waals surface area contributed by atoms with Gasteiger partial charge in [-0.2, -0.15) is 11.8 Å². The third-order valence-corrected chi connectivity index (χ3v) is 7.33. The molecule has 40 heavy (non-hydrogen) atoms. The zero-order valence-corrected chi connectivity index (χ0v) is 24.1. The fourth-order valence-corrected chi connectivity index (χ4v) is 5.02. The Kier molecular flexibility index (Phi) is 11.9. The van der Waals surface area contributed by atoms with Crippen molar-refractivity contribution in [1.29, 1.82) is 0 Å². The number of nitrogens with one attached hydrogen (secondary N) is 1. The Morgan fingerprint density at radius 1 is 0.900 bits per heavy atom. The second-order valence-corrected chi connectivity index (χ2v) is 10.4. The SMILES string of the molecule is CSCC[C@H](NC(=O)c1ccc(C=Cc2ccccc2Cc2ccccc2)cc1-c1ccccc1C)C(=O)O.[H-].[Li+]. The molecule has 0 radical (unpaired) electrons. The summed E-state index contributed by atoms with van der Waals surface area (Å²) in [6, 6.07) is 31.4. The third kappa shape index (κ3) is 8.26. The van der Waals surface area contributed by atoms with Gasteiger partial charge in [-0.3, -0.25) is 4.79 Å². The first kappa shape index (κ1) is 31.0. The van der Waals surface area contributed by atoms with E-state index in [1.165, 1.54) is 11.1 Å². The van der Waals surface area contributed by atoms with Crippen molar-refractivity contribution in [3.8, 4) is 11.1 Å². The van der Waals surface area contributed by atoms with Crippen molar-refractivity contribution in [2.24, 2.45) is 0 Å². The van der Waals surface area contributed by atoms with Crippen LogP contribution in [0.3, 0.4) is 0 Å². The molecule has 4 rings (SSSR count). The molecule has 6 heteroatoms. The molecule has 4 nitrogen and oxygen atoms in total. The van der Waals surface area contributed by atoms with Crippen LogP contribution in [0.25, 0.3) is 23.3 Å². The summed E-state index contributed by atoms with van der Waals surface area (Å²) in [6.45, 7) is 2.01. The number of amides is 1. The van der Waals surface area contributed by atoms with Crippen LogP contribution in [-0.2, 0) is 11.2 Å². The van der Waals surface area contributed by atoms with E-state index in [2.05, 4.69) is 59.9 Å². The van der Waals surface area contributed by atoms with Gasteiger partial charge in [0.25, 0.3) is 5.91 Å². The normalized spacial score (nSPS) is 11.6. The minimum Gasteiger partial charge on any atom is -1.00 e. The number of thioether (sulfide) groups is 1. The van der Waals surface area contributed by atoms with Gasteiger partial charge in [0.2, 0.25) is 0 Å².